The van der Waals surface area contributed by atoms with Gasteiger partial charge in [0.05, 0.1) is 11.4 Å². The van der Waals surface area contributed by atoms with Crippen molar-refractivity contribution < 1.29 is 8.83 Å². The van der Waals surface area contributed by atoms with E-state index < -0.39 is 0 Å². The Balaban J connectivity index is 1.11. The second-order valence-corrected chi connectivity index (χ2v) is 14.1. The fraction of sp³-hybridized carbons (Fsp3) is 0. The molecule has 0 fully saturated rings. The fourth-order valence-electron chi connectivity index (χ4n) is 8.09. The molecule has 0 radical (unpaired) electrons. The predicted molar refractivity (Wildman–Crippen MR) is 229 cm³/mol. The average Bonchev–Trinajstić information content (AvgIpc) is 3.85. The van der Waals surface area contributed by atoms with Crippen molar-refractivity contribution in [2.75, 3.05) is 0 Å². The van der Waals surface area contributed by atoms with E-state index in [2.05, 4.69) is 133 Å². The molecule has 0 spiro atoms. The van der Waals surface area contributed by atoms with E-state index in [9.17, 15) is 0 Å². The highest BCUT2D eigenvalue weighted by atomic mass is 16.3. The standard InChI is InChI=1S/C52H32N2O2/c1-3-14-33(15-4-1)44-32-45(54-52(53-44)34-16-5-2-6-17-34)37-20-11-18-35(30-37)39-28-29-48-50(43-23-8-10-27-47(43)55-48)49(39)38-21-12-19-36(31-38)40-24-13-25-42-41-22-7-9-26-46(41)56-51(40)42/h1-32H. The molecule has 0 amide bonds. The maximum Gasteiger partial charge on any atom is 0.160 e. The molecular weight excluding hydrogens is 685 g/mol. The lowest BCUT2D eigenvalue weighted by molar-refractivity contribution is 0.669. The zero-order valence-corrected chi connectivity index (χ0v) is 30.2. The number of furan rings is 2. The summed E-state index contributed by atoms with van der Waals surface area (Å²) in [5.41, 5.74) is 14.8. The summed E-state index contributed by atoms with van der Waals surface area (Å²) in [6.07, 6.45) is 0. The quantitative estimate of drug-likeness (QED) is 0.172. The van der Waals surface area contributed by atoms with Gasteiger partial charge in [0, 0.05) is 49.4 Å². The van der Waals surface area contributed by atoms with Gasteiger partial charge in [-0.1, -0.05) is 158 Å². The molecule has 8 aromatic carbocycles. The number of hydrogen-bond donors (Lipinski definition) is 0. The van der Waals surface area contributed by atoms with Gasteiger partial charge in [0.2, 0.25) is 0 Å². The van der Waals surface area contributed by atoms with Crippen LogP contribution >= 0.6 is 0 Å². The molecule has 0 unspecified atom stereocenters. The molecule has 3 aromatic heterocycles. The lowest BCUT2D eigenvalue weighted by Gasteiger charge is -2.15. The van der Waals surface area contributed by atoms with Gasteiger partial charge in [-0.15, -0.1) is 0 Å². The van der Waals surface area contributed by atoms with Crippen molar-refractivity contribution in [1.29, 1.82) is 0 Å². The van der Waals surface area contributed by atoms with Gasteiger partial charge in [0.15, 0.2) is 5.82 Å². The van der Waals surface area contributed by atoms with Crippen LogP contribution in [-0.4, -0.2) is 9.97 Å². The summed E-state index contributed by atoms with van der Waals surface area (Å²) in [6.45, 7) is 0. The van der Waals surface area contributed by atoms with Gasteiger partial charge >= 0.3 is 0 Å². The Morgan fingerprint density at radius 1 is 0.321 bits per heavy atom. The Hall–Kier alpha value is -7.56. The molecule has 0 aliphatic heterocycles. The summed E-state index contributed by atoms with van der Waals surface area (Å²) in [5, 5.41) is 4.39. The van der Waals surface area contributed by atoms with E-state index in [4.69, 9.17) is 18.8 Å². The molecule has 262 valence electrons. The SMILES string of the molecule is c1ccc(-c2cc(-c3cccc(-c4ccc5oc6ccccc6c5c4-c4cccc(-c5cccc6c5oc5ccccc56)c4)c3)nc(-c3ccccc3)n2)cc1. The lowest BCUT2D eigenvalue weighted by Crippen LogP contribution is -1.96. The molecule has 4 heteroatoms. The van der Waals surface area contributed by atoms with Gasteiger partial charge in [-0.25, -0.2) is 9.97 Å². The van der Waals surface area contributed by atoms with Crippen molar-refractivity contribution in [2.45, 2.75) is 0 Å². The summed E-state index contributed by atoms with van der Waals surface area (Å²) in [4.78, 5) is 10.2. The number of fused-ring (bicyclic) bond motifs is 6. The zero-order chi connectivity index (χ0) is 37.0. The van der Waals surface area contributed by atoms with Gasteiger partial charge in [-0.05, 0) is 58.7 Å². The lowest BCUT2D eigenvalue weighted by atomic mass is 9.88. The number of benzene rings is 8. The van der Waals surface area contributed by atoms with Gasteiger partial charge in [-0.2, -0.15) is 0 Å². The van der Waals surface area contributed by atoms with E-state index in [1.807, 2.05) is 60.7 Å². The average molecular weight is 717 g/mol. The first-order chi connectivity index (χ1) is 27.7. The van der Waals surface area contributed by atoms with E-state index in [1.165, 1.54) is 0 Å². The van der Waals surface area contributed by atoms with Crippen LogP contribution in [0.2, 0.25) is 0 Å². The van der Waals surface area contributed by atoms with Crippen LogP contribution in [0.5, 0.6) is 0 Å². The van der Waals surface area contributed by atoms with Crippen LogP contribution in [0.25, 0.3) is 111 Å². The highest BCUT2D eigenvalue weighted by Gasteiger charge is 2.20. The molecule has 4 nitrogen and oxygen atoms in total. The molecule has 0 aliphatic carbocycles. The Bertz CT molecular complexity index is 3190. The van der Waals surface area contributed by atoms with Gasteiger partial charge in [0.25, 0.3) is 0 Å². The number of hydrogen-bond acceptors (Lipinski definition) is 4. The Kier molecular flexibility index (Phi) is 7.46. The summed E-state index contributed by atoms with van der Waals surface area (Å²) in [5.74, 6) is 0.690. The summed E-state index contributed by atoms with van der Waals surface area (Å²) >= 11 is 0. The maximum absolute atomic E-state index is 6.50. The van der Waals surface area contributed by atoms with Crippen molar-refractivity contribution in [3.05, 3.63) is 194 Å². The van der Waals surface area contributed by atoms with E-state index in [1.54, 1.807) is 0 Å². The van der Waals surface area contributed by atoms with Crippen LogP contribution in [0.3, 0.4) is 0 Å². The van der Waals surface area contributed by atoms with Crippen molar-refractivity contribution in [2.24, 2.45) is 0 Å². The second kappa shape index (κ2) is 13.1. The zero-order valence-electron chi connectivity index (χ0n) is 30.2. The van der Waals surface area contributed by atoms with Crippen molar-refractivity contribution in [3.8, 4) is 67.3 Å². The Labute approximate surface area is 323 Å². The molecular formula is C52H32N2O2. The summed E-state index contributed by atoms with van der Waals surface area (Å²) < 4.78 is 13.0. The molecule has 0 aliphatic rings. The fourth-order valence-corrected chi connectivity index (χ4v) is 8.09. The molecule has 11 rings (SSSR count). The number of nitrogens with zero attached hydrogens (tertiary/aromatic N) is 2. The number of para-hydroxylation sites is 3. The predicted octanol–water partition coefficient (Wildman–Crippen LogP) is 14.3. The largest absolute Gasteiger partial charge is 0.456 e. The van der Waals surface area contributed by atoms with Crippen molar-refractivity contribution in [1.82, 2.24) is 9.97 Å². The molecule has 0 N–H and O–H groups in total. The molecule has 0 atom stereocenters. The minimum atomic E-state index is 0.690. The van der Waals surface area contributed by atoms with Crippen LogP contribution < -0.4 is 0 Å². The molecule has 0 saturated carbocycles. The van der Waals surface area contributed by atoms with Gasteiger partial charge in [0.1, 0.15) is 22.3 Å². The van der Waals surface area contributed by atoms with E-state index >= 15 is 0 Å². The highest BCUT2D eigenvalue weighted by molar-refractivity contribution is 6.16. The smallest absolute Gasteiger partial charge is 0.160 e. The maximum atomic E-state index is 6.50. The number of aromatic nitrogens is 2. The molecule has 3 heterocycles. The first-order valence-corrected chi connectivity index (χ1v) is 18.8. The monoisotopic (exact) mass is 716 g/mol. The van der Waals surface area contributed by atoms with Crippen LogP contribution in [0.1, 0.15) is 0 Å². The first-order valence-electron chi connectivity index (χ1n) is 18.8. The van der Waals surface area contributed by atoms with Crippen LogP contribution in [0, 0.1) is 0 Å². The van der Waals surface area contributed by atoms with E-state index in [-0.39, 0.29) is 0 Å². The Morgan fingerprint density at radius 3 is 1.66 bits per heavy atom. The molecule has 0 bridgehead atoms. The van der Waals surface area contributed by atoms with Gasteiger partial charge in [-0.3, -0.25) is 0 Å². The minimum Gasteiger partial charge on any atom is -0.456 e. The van der Waals surface area contributed by atoms with Crippen molar-refractivity contribution in [3.63, 3.8) is 0 Å². The van der Waals surface area contributed by atoms with Crippen LogP contribution in [0.4, 0.5) is 0 Å². The highest BCUT2D eigenvalue weighted by Crippen LogP contribution is 2.45. The molecule has 56 heavy (non-hydrogen) atoms. The molecule has 11 aromatic rings. The second-order valence-electron chi connectivity index (χ2n) is 14.1. The van der Waals surface area contributed by atoms with Crippen LogP contribution in [-0.2, 0) is 0 Å². The first kappa shape index (κ1) is 31.9. The third kappa shape index (κ3) is 5.39. The third-order valence-electron chi connectivity index (χ3n) is 10.7. The van der Waals surface area contributed by atoms with Crippen molar-refractivity contribution >= 4 is 43.9 Å². The number of rotatable bonds is 6. The summed E-state index contributed by atoms with van der Waals surface area (Å²) in [7, 11) is 0. The summed E-state index contributed by atoms with van der Waals surface area (Å²) in [6, 6.07) is 67.3. The van der Waals surface area contributed by atoms with Gasteiger partial charge < -0.3 is 8.83 Å². The van der Waals surface area contributed by atoms with E-state index in [0.717, 1.165) is 105 Å². The van der Waals surface area contributed by atoms with Crippen LogP contribution in [0.15, 0.2) is 203 Å². The topological polar surface area (TPSA) is 52.1 Å². The normalized spacial score (nSPS) is 11.6. The third-order valence-corrected chi connectivity index (χ3v) is 10.7. The molecule has 0 saturated heterocycles. The minimum absolute atomic E-state index is 0.690. The van der Waals surface area contributed by atoms with E-state index in [0.29, 0.717) is 5.82 Å². The Morgan fingerprint density at radius 2 is 0.875 bits per heavy atom.